The van der Waals surface area contributed by atoms with Crippen LogP contribution in [0.15, 0.2) is 0 Å². The van der Waals surface area contributed by atoms with Crippen molar-refractivity contribution >= 4 is 0 Å². The van der Waals surface area contributed by atoms with Crippen LogP contribution in [-0.2, 0) is 0 Å². The highest BCUT2D eigenvalue weighted by Crippen LogP contribution is 2.40. The summed E-state index contributed by atoms with van der Waals surface area (Å²) in [6, 6.07) is 0. The van der Waals surface area contributed by atoms with Crippen molar-refractivity contribution in [1.82, 2.24) is 0 Å². The SMILES string of the molecule is CCC(C)CCC1(C)CCCCC1. The van der Waals surface area contributed by atoms with Gasteiger partial charge in [-0.2, -0.15) is 0 Å². The van der Waals surface area contributed by atoms with E-state index >= 15 is 0 Å². The predicted molar refractivity (Wildman–Crippen MR) is 59.9 cm³/mol. The Balaban J connectivity index is 2.24. The lowest BCUT2D eigenvalue weighted by Gasteiger charge is -2.34. The van der Waals surface area contributed by atoms with Gasteiger partial charge in [0, 0.05) is 0 Å². The van der Waals surface area contributed by atoms with E-state index in [1.54, 1.807) is 0 Å². The lowest BCUT2D eigenvalue weighted by molar-refractivity contribution is 0.183. The van der Waals surface area contributed by atoms with Gasteiger partial charge in [0.25, 0.3) is 0 Å². The average Bonchev–Trinajstić information content (AvgIpc) is 2.15. The summed E-state index contributed by atoms with van der Waals surface area (Å²) in [4.78, 5) is 0. The summed E-state index contributed by atoms with van der Waals surface area (Å²) in [5, 5.41) is 0. The highest BCUT2D eigenvalue weighted by molar-refractivity contribution is 4.78. The van der Waals surface area contributed by atoms with E-state index in [0.717, 1.165) is 5.92 Å². The molecule has 78 valence electrons. The van der Waals surface area contributed by atoms with Crippen LogP contribution >= 0.6 is 0 Å². The Labute approximate surface area is 84.1 Å². The molecule has 1 unspecified atom stereocenters. The van der Waals surface area contributed by atoms with Crippen LogP contribution in [0.1, 0.15) is 72.1 Å². The number of hydrogen-bond acceptors (Lipinski definition) is 0. The fourth-order valence-electron chi connectivity index (χ4n) is 2.45. The highest BCUT2D eigenvalue weighted by Gasteiger charge is 2.26. The molecule has 0 aromatic heterocycles. The first-order valence-corrected chi connectivity index (χ1v) is 6.16. The first kappa shape index (κ1) is 11.1. The van der Waals surface area contributed by atoms with Gasteiger partial charge >= 0.3 is 0 Å². The van der Waals surface area contributed by atoms with Crippen LogP contribution in [0, 0.1) is 11.3 Å². The maximum atomic E-state index is 2.51. The van der Waals surface area contributed by atoms with E-state index in [2.05, 4.69) is 20.8 Å². The van der Waals surface area contributed by atoms with Gasteiger partial charge in [0.1, 0.15) is 0 Å². The molecule has 0 aromatic rings. The van der Waals surface area contributed by atoms with Gasteiger partial charge in [0.05, 0.1) is 0 Å². The van der Waals surface area contributed by atoms with Gasteiger partial charge in [0.2, 0.25) is 0 Å². The molecule has 1 saturated carbocycles. The molecule has 0 aromatic carbocycles. The molecule has 1 fully saturated rings. The Morgan fingerprint density at radius 2 is 1.77 bits per heavy atom. The fraction of sp³-hybridized carbons (Fsp3) is 1.00. The van der Waals surface area contributed by atoms with Gasteiger partial charge in [-0.15, -0.1) is 0 Å². The van der Waals surface area contributed by atoms with Crippen molar-refractivity contribution in [2.75, 3.05) is 0 Å². The minimum atomic E-state index is 0.710. The Morgan fingerprint density at radius 1 is 1.15 bits per heavy atom. The van der Waals surface area contributed by atoms with Crippen molar-refractivity contribution < 1.29 is 0 Å². The van der Waals surface area contributed by atoms with Gasteiger partial charge < -0.3 is 0 Å². The molecule has 0 spiro atoms. The van der Waals surface area contributed by atoms with Crippen LogP contribution in [-0.4, -0.2) is 0 Å². The van der Waals surface area contributed by atoms with Gasteiger partial charge in [-0.3, -0.25) is 0 Å². The molecule has 1 atom stereocenters. The fourth-order valence-corrected chi connectivity index (χ4v) is 2.45. The zero-order valence-corrected chi connectivity index (χ0v) is 9.73. The van der Waals surface area contributed by atoms with Gasteiger partial charge in [-0.1, -0.05) is 52.9 Å². The molecule has 0 N–H and O–H groups in total. The molecule has 0 aliphatic heterocycles. The predicted octanol–water partition coefficient (Wildman–Crippen LogP) is 4.78. The third kappa shape index (κ3) is 3.70. The van der Waals surface area contributed by atoms with Crippen molar-refractivity contribution in [1.29, 1.82) is 0 Å². The second-order valence-electron chi connectivity index (χ2n) is 5.42. The van der Waals surface area contributed by atoms with Crippen molar-refractivity contribution in [3.05, 3.63) is 0 Å². The second kappa shape index (κ2) is 5.02. The molecule has 0 bridgehead atoms. The van der Waals surface area contributed by atoms with Crippen molar-refractivity contribution in [3.63, 3.8) is 0 Å². The Morgan fingerprint density at radius 3 is 2.31 bits per heavy atom. The topological polar surface area (TPSA) is 0 Å². The first-order valence-electron chi connectivity index (χ1n) is 6.16. The van der Waals surface area contributed by atoms with E-state index in [9.17, 15) is 0 Å². The lowest BCUT2D eigenvalue weighted by Crippen LogP contribution is -2.20. The van der Waals surface area contributed by atoms with Crippen LogP contribution in [0.25, 0.3) is 0 Å². The van der Waals surface area contributed by atoms with E-state index < -0.39 is 0 Å². The van der Waals surface area contributed by atoms with Crippen molar-refractivity contribution in [2.24, 2.45) is 11.3 Å². The van der Waals surface area contributed by atoms with E-state index in [1.807, 2.05) is 0 Å². The molecule has 0 amide bonds. The van der Waals surface area contributed by atoms with Gasteiger partial charge in [0.15, 0.2) is 0 Å². The van der Waals surface area contributed by atoms with Crippen LogP contribution in [0.2, 0.25) is 0 Å². The molecule has 0 radical (unpaired) electrons. The summed E-state index contributed by atoms with van der Waals surface area (Å²) < 4.78 is 0. The van der Waals surface area contributed by atoms with Crippen LogP contribution in [0.4, 0.5) is 0 Å². The van der Waals surface area contributed by atoms with E-state index in [-0.39, 0.29) is 0 Å². The summed E-state index contributed by atoms with van der Waals surface area (Å²) in [7, 11) is 0. The second-order valence-corrected chi connectivity index (χ2v) is 5.42. The molecule has 1 rings (SSSR count). The van der Waals surface area contributed by atoms with Crippen LogP contribution < -0.4 is 0 Å². The third-order valence-electron chi connectivity index (χ3n) is 4.00. The quantitative estimate of drug-likeness (QED) is 0.587. The normalized spacial score (nSPS) is 24.2. The Bertz CT molecular complexity index is 131. The highest BCUT2D eigenvalue weighted by atomic mass is 14.3. The summed E-state index contributed by atoms with van der Waals surface area (Å²) >= 11 is 0. The molecule has 0 heteroatoms. The molecule has 1 aliphatic carbocycles. The molecule has 0 saturated heterocycles. The maximum absolute atomic E-state index is 2.51. The standard InChI is InChI=1S/C13H26/c1-4-12(2)8-11-13(3)9-6-5-7-10-13/h12H,4-11H2,1-3H3. The molecule has 13 heavy (non-hydrogen) atoms. The van der Waals surface area contributed by atoms with E-state index in [4.69, 9.17) is 0 Å². The zero-order chi connectivity index (χ0) is 9.73. The molecular formula is C13H26. The van der Waals surface area contributed by atoms with E-state index in [1.165, 1.54) is 51.4 Å². The number of rotatable bonds is 4. The maximum Gasteiger partial charge on any atom is -0.0326 e. The third-order valence-corrected chi connectivity index (χ3v) is 4.00. The number of hydrogen-bond donors (Lipinski definition) is 0. The minimum absolute atomic E-state index is 0.710. The summed E-state index contributed by atoms with van der Waals surface area (Å²) in [5.41, 5.74) is 0.710. The zero-order valence-electron chi connectivity index (χ0n) is 9.73. The molecule has 0 heterocycles. The molecular weight excluding hydrogens is 156 g/mol. The Hall–Kier alpha value is 0. The molecule has 1 aliphatic rings. The van der Waals surface area contributed by atoms with Crippen molar-refractivity contribution in [2.45, 2.75) is 72.1 Å². The first-order chi connectivity index (χ1) is 6.16. The van der Waals surface area contributed by atoms with Gasteiger partial charge in [-0.05, 0) is 30.6 Å². The average molecular weight is 182 g/mol. The van der Waals surface area contributed by atoms with Crippen LogP contribution in [0.5, 0.6) is 0 Å². The smallest absolute Gasteiger partial charge is 0.0326 e. The minimum Gasteiger partial charge on any atom is -0.0651 e. The van der Waals surface area contributed by atoms with Crippen molar-refractivity contribution in [3.8, 4) is 0 Å². The lowest BCUT2D eigenvalue weighted by atomic mass is 9.72. The summed E-state index contributed by atoms with van der Waals surface area (Å²) in [5.74, 6) is 0.943. The Kier molecular flexibility index (Phi) is 4.28. The van der Waals surface area contributed by atoms with Gasteiger partial charge in [-0.25, -0.2) is 0 Å². The van der Waals surface area contributed by atoms with Crippen LogP contribution in [0.3, 0.4) is 0 Å². The largest absolute Gasteiger partial charge is 0.0651 e. The monoisotopic (exact) mass is 182 g/mol. The summed E-state index contributed by atoms with van der Waals surface area (Å²) in [6.07, 6.45) is 11.7. The molecule has 0 nitrogen and oxygen atoms in total. The summed E-state index contributed by atoms with van der Waals surface area (Å²) in [6.45, 7) is 7.22. The van der Waals surface area contributed by atoms with E-state index in [0.29, 0.717) is 5.41 Å².